The Labute approximate surface area is 164 Å². The van der Waals surface area contributed by atoms with E-state index < -0.39 is 5.97 Å². The highest BCUT2D eigenvalue weighted by molar-refractivity contribution is 5.91. The van der Waals surface area contributed by atoms with E-state index in [2.05, 4.69) is 24.4 Å². The zero-order valence-corrected chi connectivity index (χ0v) is 16.4. The number of carboxylic acids is 1. The molecule has 4 nitrogen and oxygen atoms in total. The summed E-state index contributed by atoms with van der Waals surface area (Å²) in [4.78, 5) is 11.9. The van der Waals surface area contributed by atoms with Gasteiger partial charge in [-0.05, 0) is 38.0 Å². The van der Waals surface area contributed by atoms with Gasteiger partial charge < -0.3 is 15.0 Å². The van der Waals surface area contributed by atoms with Gasteiger partial charge in [0.15, 0.2) is 0 Å². The fraction of sp³-hybridized carbons (Fsp3) is 0.261. The van der Waals surface area contributed by atoms with Crippen molar-refractivity contribution in [3.8, 4) is 0 Å². The molecule has 0 saturated carbocycles. The van der Waals surface area contributed by atoms with Crippen LogP contribution in [-0.2, 0) is 19.6 Å². The van der Waals surface area contributed by atoms with E-state index in [1.807, 2.05) is 23.6 Å². The number of aromatic nitrogens is 1. The molecule has 0 radical (unpaired) electrons. The van der Waals surface area contributed by atoms with Crippen LogP contribution in [0.4, 0.5) is 4.39 Å². The lowest BCUT2D eigenvalue weighted by Gasteiger charge is -2.11. The molecule has 5 heteroatoms. The van der Waals surface area contributed by atoms with Crippen molar-refractivity contribution in [3.05, 3.63) is 93.6 Å². The summed E-state index contributed by atoms with van der Waals surface area (Å²) in [6.07, 6.45) is 0. The summed E-state index contributed by atoms with van der Waals surface area (Å²) in [7, 11) is 0. The maximum Gasteiger partial charge on any atom is 0.337 e. The lowest BCUT2D eigenvalue weighted by atomic mass is 10.1. The highest BCUT2D eigenvalue weighted by Gasteiger charge is 2.22. The number of benzene rings is 2. The summed E-state index contributed by atoms with van der Waals surface area (Å²) in [6.45, 7) is 7.13. The van der Waals surface area contributed by atoms with Crippen molar-refractivity contribution >= 4 is 5.97 Å². The Morgan fingerprint density at radius 1 is 0.964 bits per heavy atom. The molecule has 1 aromatic heterocycles. The molecule has 146 valence electrons. The Morgan fingerprint density at radius 3 is 2.25 bits per heavy atom. The third-order valence-corrected chi connectivity index (χ3v) is 5.29. The quantitative estimate of drug-likeness (QED) is 0.630. The molecule has 0 aliphatic carbocycles. The third-order valence-electron chi connectivity index (χ3n) is 5.29. The number of aryl methyl sites for hydroxylation is 1. The number of halogens is 1. The van der Waals surface area contributed by atoms with E-state index in [4.69, 9.17) is 0 Å². The van der Waals surface area contributed by atoms with Gasteiger partial charge in [-0.25, -0.2) is 9.18 Å². The number of hydrogen-bond donors (Lipinski definition) is 2. The van der Waals surface area contributed by atoms with Crippen LogP contribution >= 0.6 is 0 Å². The lowest BCUT2D eigenvalue weighted by molar-refractivity contribution is 0.0694. The van der Waals surface area contributed by atoms with Crippen molar-refractivity contribution in [1.29, 1.82) is 0 Å². The molecule has 0 bridgehead atoms. The second-order valence-corrected chi connectivity index (χ2v) is 7.04. The molecule has 0 fully saturated rings. The number of carbonyl (C=O) groups is 1. The van der Waals surface area contributed by atoms with E-state index in [9.17, 15) is 14.3 Å². The number of nitrogens with one attached hydrogen (secondary N) is 1. The van der Waals surface area contributed by atoms with Gasteiger partial charge in [-0.15, -0.1) is 0 Å². The fourth-order valence-corrected chi connectivity index (χ4v) is 3.61. The van der Waals surface area contributed by atoms with Gasteiger partial charge in [0.25, 0.3) is 0 Å². The first-order valence-electron chi connectivity index (χ1n) is 9.30. The second kappa shape index (κ2) is 8.40. The van der Waals surface area contributed by atoms with Gasteiger partial charge in [-0.3, -0.25) is 0 Å². The zero-order valence-electron chi connectivity index (χ0n) is 16.4. The van der Waals surface area contributed by atoms with Crippen LogP contribution in [0, 0.1) is 26.6 Å². The molecule has 0 atom stereocenters. The standard InChI is InChI=1S/C23H25FN2O2/c1-15-8-4-5-9-18(15)12-25-13-20-16(2)26(17(3)22(20)23(27)28)14-19-10-6-7-11-21(19)24/h4-11,25H,12-14H2,1-3H3,(H,27,28). The molecule has 3 aromatic rings. The predicted octanol–water partition coefficient (Wildman–Crippen LogP) is 4.59. The van der Waals surface area contributed by atoms with Crippen molar-refractivity contribution in [2.75, 3.05) is 0 Å². The van der Waals surface area contributed by atoms with E-state index in [1.54, 1.807) is 25.1 Å². The summed E-state index contributed by atoms with van der Waals surface area (Å²) in [5.74, 6) is -1.24. The Hall–Kier alpha value is -2.92. The number of aromatic carboxylic acids is 1. The molecule has 0 aliphatic heterocycles. The topological polar surface area (TPSA) is 54.3 Å². The normalized spacial score (nSPS) is 11.0. The highest BCUT2D eigenvalue weighted by Crippen LogP contribution is 2.24. The van der Waals surface area contributed by atoms with Gasteiger partial charge in [0.05, 0.1) is 12.1 Å². The maximum atomic E-state index is 14.1. The Balaban J connectivity index is 1.87. The summed E-state index contributed by atoms with van der Waals surface area (Å²) in [5, 5.41) is 13.1. The molecule has 0 aliphatic rings. The molecule has 0 amide bonds. The smallest absolute Gasteiger partial charge is 0.337 e. The molecule has 3 rings (SSSR count). The molecular weight excluding hydrogens is 355 g/mol. The summed E-state index contributed by atoms with van der Waals surface area (Å²) < 4.78 is 16.0. The molecule has 0 spiro atoms. The Bertz CT molecular complexity index is 1010. The van der Waals surface area contributed by atoms with Gasteiger partial charge in [-0.1, -0.05) is 42.5 Å². The lowest BCUT2D eigenvalue weighted by Crippen LogP contribution is -2.16. The van der Waals surface area contributed by atoms with Gasteiger partial charge in [0.2, 0.25) is 0 Å². The van der Waals surface area contributed by atoms with E-state index in [0.717, 1.165) is 11.3 Å². The molecule has 28 heavy (non-hydrogen) atoms. The second-order valence-electron chi connectivity index (χ2n) is 7.04. The van der Waals surface area contributed by atoms with E-state index in [1.165, 1.54) is 17.2 Å². The number of nitrogens with zero attached hydrogens (tertiary/aromatic N) is 1. The van der Waals surface area contributed by atoms with Crippen LogP contribution < -0.4 is 5.32 Å². The van der Waals surface area contributed by atoms with Crippen LogP contribution in [0.1, 0.15) is 44.0 Å². The average Bonchev–Trinajstić information content (AvgIpc) is 2.89. The first-order chi connectivity index (χ1) is 13.4. The molecule has 1 heterocycles. The third kappa shape index (κ3) is 3.99. The Morgan fingerprint density at radius 2 is 1.61 bits per heavy atom. The highest BCUT2D eigenvalue weighted by atomic mass is 19.1. The fourth-order valence-electron chi connectivity index (χ4n) is 3.61. The molecular formula is C23H25FN2O2. The average molecular weight is 380 g/mol. The van der Waals surface area contributed by atoms with Crippen LogP contribution in [0.5, 0.6) is 0 Å². The number of carboxylic acid groups (broad SMARTS) is 1. The van der Waals surface area contributed by atoms with Crippen molar-refractivity contribution in [3.63, 3.8) is 0 Å². The number of rotatable bonds is 7. The van der Waals surface area contributed by atoms with E-state index in [0.29, 0.717) is 36.5 Å². The number of hydrogen-bond acceptors (Lipinski definition) is 2. The van der Waals surface area contributed by atoms with Crippen molar-refractivity contribution in [2.45, 2.75) is 40.4 Å². The van der Waals surface area contributed by atoms with Crippen LogP contribution in [0.25, 0.3) is 0 Å². The minimum atomic E-state index is -0.958. The summed E-state index contributed by atoms with van der Waals surface area (Å²) >= 11 is 0. The minimum Gasteiger partial charge on any atom is -0.478 e. The van der Waals surface area contributed by atoms with Gasteiger partial charge in [0, 0.05) is 35.6 Å². The van der Waals surface area contributed by atoms with Crippen molar-refractivity contribution in [1.82, 2.24) is 9.88 Å². The van der Waals surface area contributed by atoms with Crippen LogP contribution in [0.3, 0.4) is 0 Å². The van der Waals surface area contributed by atoms with Gasteiger partial charge in [0.1, 0.15) is 5.82 Å². The maximum absolute atomic E-state index is 14.1. The first kappa shape index (κ1) is 19.8. The minimum absolute atomic E-state index is 0.286. The molecule has 2 N–H and O–H groups in total. The van der Waals surface area contributed by atoms with Crippen LogP contribution in [0.15, 0.2) is 48.5 Å². The Kier molecular flexibility index (Phi) is 5.95. The van der Waals surface area contributed by atoms with Gasteiger partial charge in [-0.2, -0.15) is 0 Å². The zero-order chi connectivity index (χ0) is 20.3. The van der Waals surface area contributed by atoms with Crippen molar-refractivity contribution in [2.24, 2.45) is 0 Å². The largest absolute Gasteiger partial charge is 0.478 e. The van der Waals surface area contributed by atoms with Crippen LogP contribution in [-0.4, -0.2) is 15.6 Å². The van der Waals surface area contributed by atoms with Gasteiger partial charge >= 0.3 is 5.97 Å². The van der Waals surface area contributed by atoms with E-state index >= 15 is 0 Å². The van der Waals surface area contributed by atoms with E-state index in [-0.39, 0.29) is 5.82 Å². The first-order valence-corrected chi connectivity index (χ1v) is 9.30. The SMILES string of the molecule is Cc1ccccc1CNCc1c(C(=O)O)c(C)n(Cc2ccccc2F)c1C. The van der Waals surface area contributed by atoms with Crippen LogP contribution in [0.2, 0.25) is 0 Å². The van der Waals surface area contributed by atoms with Crippen molar-refractivity contribution < 1.29 is 14.3 Å². The monoisotopic (exact) mass is 380 g/mol. The summed E-state index contributed by atoms with van der Waals surface area (Å²) in [6, 6.07) is 14.7. The molecule has 0 unspecified atom stereocenters. The summed E-state index contributed by atoms with van der Waals surface area (Å²) in [5.41, 5.74) is 5.44. The molecule has 0 saturated heterocycles. The molecule has 2 aromatic carbocycles. The predicted molar refractivity (Wildman–Crippen MR) is 108 cm³/mol.